The Hall–Kier alpha value is -2.66. The van der Waals surface area contributed by atoms with Crippen molar-refractivity contribution in [1.29, 1.82) is 0 Å². The summed E-state index contributed by atoms with van der Waals surface area (Å²) in [6.07, 6.45) is 18.8. The first-order valence-electron chi connectivity index (χ1n) is 13.5. The van der Waals surface area contributed by atoms with E-state index in [-0.39, 0.29) is 5.91 Å². The fraction of sp³-hybridized carbons (Fsp3) is 0.500. The van der Waals surface area contributed by atoms with Crippen LogP contribution < -0.4 is 10.2 Å². The minimum absolute atomic E-state index is 0.0668. The lowest BCUT2D eigenvalue weighted by Gasteiger charge is -2.05. The molecule has 0 radical (unpaired) electrons. The van der Waals surface area contributed by atoms with Crippen LogP contribution in [-0.4, -0.2) is 18.1 Å². The van der Waals surface area contributed by atoms with E-state index in [9.17, 15) is 9.59 Å². The van der Waals surface area contributed by atoms with Gasteiger partial charge >= 0.3 is 5.97 Å². The maximum Gasteiger partial charge on any atom is 0.343 e. The smallest absolute Gasteiger partial charge is 0.343 e. The zero-order chi connectivity index (χ0) is 25.8. The number of amides is 1. The fourth-order valence-corrected chi connectivity index (χ4v) is 4.04. The van der Waals surface area contributed by atoms with Gasteiger partial charge in [-0.15, -0.1) is 0 Å². The summed E-state index contributed by atoms with van der Waals surface area (Å²) in [6, 6.07) is 13.4. The van der Waals surface area contributed by atoms with Crippen molar-refractivity contribution >= 4 is 29.7 Å². The van der Waals surface area contributed by atoms with Gasteiger partial charge in [0, 0.05) is 11.4 Å². The number of unbranched alkanes of at least 4 members (excludes halogenated alkanes) is 12. The van der Waals surface area contributed by atoms with Crippen molar-refractivity contribution in [3.63, 3.8) is 0 Å². The first-order chi connectivity index (χ1) is 17.6. The van der Waals surface area contributed by atoms with E-state index in [0.717, 1.165) is 18.4 Å². The topological polar surface area (TPSA) is 67.8 Å². The van der Waals surface area contributed by atoms with Crippen molar-refractivity contribution in [3.05, 3.63) is 64.7 Å². The van der Waals surface area contributed by atoms with Crippen LogP contribution in [0.4, 0.5) is 0 Å². The Bertz CT molecular complexity index is 911. The van der Waals surface area contributed by atoms with Crippen molar-refractivity contribution in [1.82, 2.24) is 5.43 Å². The summed E-state index contributed by atoms with van der Waals surface area (Å²) in [7, 11) is 0. The Morgan fingerprint density at radius 2 is 1.31 bits per heavy atom. The second-order valence-corrected chi connectivity index (χ2v) is 9.69. The van der Waals surface area contributed by atoms with Gasteiger partial charge in [0.25, 0.3) is 0 Å². The molecule has 0 fully saturated rings. The van der Waals surface area contributed by atoms with Gasteiger partial charge in [0.1, 0.15) is 5.75 Å². The number of nitrogens with zero attached hydrogens (tertiary/aromatic N) is 1. The highest BCUT2D eigenvalue weighted by Gasteiger charge is 2.08. The predicted molar refractivity (Wildman–Crippen MR) is 149 cm³/mol. The van der Waals surface area contributed by atoms with E-state index >= 15 is 0 Å². The van der Waals surface area contributed by atoms with Gasteiger partial charge < -0.3 is 4.74 Å². The highest BCUT2D eigenvalue weighted by atomic mass is 35.5. The molecule has 2 aromatic rings. The van der Waals surface area contributed by atoms with E-state index in [2.05, 4.69) is 17.5 Å². The zero-order valence-electron chi connectivity index (χ0n) is 21.6. The van der Waals surface area contributed by atoms with Crippen molar-refractivity contribution in [3.8, 4) is 5.75 Å². The van der Waals surface area contributed by atoms with Gasteiger partial charge in [0.05, 0.1) is 11.8 Å². The molecule has 0 saturated carbocycles. The predicted octanol–water partition coefficient (Wildman–Crippen LogP) is 8.49. The third kappa shape index (κ3) is 13.4. The molecular weight excluding hydrogens is 472 g/mol. The number of hydrogen-bond donors (Lipinski definition) is 1. The summed E-state index contributed by atoms with van der Waals surface area (Å²) < 4.78 is 5.35. The van der Waals surface area contributed by atoms with E-state index in [1.54, 1.807) is 54.7 Å². The number of rotatable bonds is 18. The van der Waals surface area contributed by atoms with Gasteiger partial charge in [0.15, 0.2) is 0 Å². The average molecular weight is 513 g/mol. The van der Waals surface area contributed by atoms with Gasteiger partial charge in [-0.2, -0.15) is 5.10 Å². The standard InChI is InChI=1S/C30H41ClN2O3/c1-2-3-4-5-6-7-8-9-10-11-12-13-14-15-29(34)33-32-24-25-16-22-28(23-17-25)36-30(35)26-18-20-27(31)21-19-26/h16-24H,2-15H2,1H3,(H,33,34)/b32-24-. The molecule has 1 amide bonds. The molecule has 0 bridgehead atoms. The van der Waals surface area contributed by atoms with E-state index in [4.69, 9.17) is 16.3 Å². The molecule has 36 heavy (non-hydrogen) atoms. The van der Waals surface area contributed by atoms with Crippen molar-refractivity contribution < 1.29 is 14.3 Å². The van der Waals surface area contributed by atoms with Gasteiger partial charge in [-0.25, -0.2) is 10.2 Å². The van der Waals surface area contributed by atoms with Crippen LogP contribution in [-0.2, 0) is 4.79 Å². The lowest BCUT2D eigenvalue weighted by molar-refractivity contribution is -0.121. The summed E-state index contributed by atoms with van der Waals surface area (Å²) in [5.41, 5.74) is 3.80. The SMILES string of the molecule is CCCCCCCCCCCCCCCC(=O)N/N=C\c1ccc(OC(=O)c2ccc(Cl)cc2)cc1. The Morgan fingerprint density at radius 1 is 0.778 bits per heavy atom. The molecule has 0 spiro atoms. The molecule has 0 unspecified atom stereocenters. The number of ether oxygens (including phenoxy) is 1. The van der Waals surface area contributed by atoms with Gasteiger partial charge in [0.2, 0.25) is 5.91 Å². The number of carbonyl (C=O) groups excluding carboxylic acids is 2. The molecule has 0 atom stereocenters. The normalized spacial score (nSPS) is 11.1. The van der Waals surface area contributed by atoms with E-state index in [1.165, 1.54) is 70.6 Å². The second-order valence-electron chi connectivity index (χ2n) is 9.25. The molecule has 196 valence electrons. The highest BCUT2D eigenvalue weighted by molar-refractivity contribution is 6.30. The first kappa shape index (κ1) is 29.6. The number of benzene rings is 2. The molecule has 2 rings (SSSR count). The largest absolute Gasteiger partial charge is 0.423 e. The summed E-state index contributed by atoms with van der Waals surface area (Å²) >= 11 is 5.84. The molecule has 2 aromatic carbocycles. The third-order valence-corrected chi connectivity index (χ3v) is 6.33. The summed E-state index contributed by atoms with van der Waals surface area (Å²) in [4.78, 5) is 24.1. The number of hydrogen-bond acceptors (Lipinski definition) is 4. The molecular formula is C30H41ClN2O3. The molecule has 1 N–H and O–H groups in total. The second kappa shape index (κ2) is 18.6. The van der Waals surface area contributed by atoms with Crippen LogP contribution in [0.5, 0.6) is 5.75 Å². The van der Waals surface area contributed by atoms with E-state index < -0.39 is 5.97 Å². The molecule has 6 heteroatoms. The number of carbonyl (C=O) groups is 2. The minimum Gasteiger partial charge on any atom is -0.423 e. The van der Waals surface area contributed by atoms with E-state index in [0.29, 0.717) is 22.8 Å². The van der Waals surface area contributed by atoms with Crippen LogP contribution in [0.1, 0.15) is 113 Å². The van der Waals surface area contributed by atoms with Crippen molar-refractivity contribution in [2.24, 2.45) is 5.10 Å². The monoisotopic (exact) mass is 512 g/mol. The third-order valence-electron chi connectivity index (χ3n) is 6.08. The molecule has 0 aliphatic carbocycles. The van der Waals surface area contributed by atoms with Crippen LogP contribution in [0.2, 0.25) is 5.02 Å². The lowest BCUT2D eigenvalue weighted by Crippen LogP contribution is -2.16. The lowest BCUT2D eigenvalue weighted by atomic mass is 10.0. The maximum absolute atomic E-state index is 12.2. The van der Waals surface area contributed by atoms with Crippen LogP contribution in [0.3, 0.4) is 0 Å². The molecule has 0 saturated heterocycles. The minimum atomic E-state index is -0.450. The molecule has 0 aliphatic heterocycles. The van der Waals surface area contributed by atoms with Crippen LogP contribution in [0, 0.1) is 0 Å². The Balaban J connectivity index is 1.50. The van der Waals surface area contributed by atoms with Crippen LogP contribution in [0.15, 0.2) is 53.6 Å². The number of nitrogens with one attached hydrogen (secondary N) is 1. The average Bonchev–Trinajstić information content (AvgIpc) is 2.88. The number of esters is 1. The van der Waals surface area contributed by atoms with Crippen LogP contribution in [0.25, 0.3) is 0 Å². The number of halogens is 1. The summed E-state index contributed by atoms with van der Waals surface area (Å²) in [5, 5.41) is 4.59. The Labute approximate surface area is 221 Å². The molecule has 0 aromatic heterocycles. The van der Waals surface area contributed by atoms with Crippen molar-refractivity contribution in [2.75, 3.05) is 0 Å². The number of hydrazone groups is 1. The van der Waals surface area contributed by atoms with Gasteiger partial charge in [-0.1, -0.05) is 95.6 Å². The van der Waals surface area contributed by atoms with E-state index in [1.807, 2.05) is 0 Å². The fourth-order valence-electron chi connectivity index (χ4n) is 3.91. The Kier molecular flexibility index (Phi) is 15.3. The molecule has 0 heterocycles. The van der Waals surface area contributed by atoms with Gasteiger partial charge in [-0.3, -0.25) is 4.79 Å². The zero-order valence-corrected chi connectivity index (χ0v) is 22.4. The quantitative estimate of drug-likeness (QED) is 0.0715. The summed E-state index contributed by atoms with van der Waals surface area (Å²) in [5.74, 6) is -0.0881. The Morgan fingerprint density at radius 3 is 1.86 bits per heavy atom. The van der Waals surface area contributed by atoms with Gasteiger partial charge in [-0.05, 0) is 60.5 Å². The van der Waals surface area contributed by atoms with Crippen molar-refractivity contribution in [2.45, 2.75) is 96.8 Å². The van der Waals surface area contributed by atoms with Crippen LogP contribution >= 0.6 is 11.6 Å². The first-order valence-corrected chi connectivity index (χ1v) is 13.9. The highest BCUT2D eigenvalue weighted by Crippen LogP contribution is 2.16. The molecule has 0 aliphatic rings. The molecule has 5 nitrogen and oxygen atoms in total. The maximum atomic E-state index is 12.2. The summed E-state index contributed by atoms with van der Waals surface area (Å²) in [6.45, 7) is 2.26.